The standard InChI is InChI=1S/C14H15F2NO3/c1-4-20-14(19)10(8-17(2)3)13(18)9-6-5-7-11(15)12(9)16/h5-8H,4H2,1-3H3/b10-8-. The van der Waals surface area contributed by atoms with Crippen molar-refractivity contribution in [1.29, 1.82) is 0 Å². The monoisotopic (exact) mass is 283 g/mol. The van der Waals surface area contributed by atoms with Gasteiger partial charge in [-0.25, -0.2) is 13.6 Å². The molecule has 0 radical (unpaired) electrons. The molecule has 0 saturated heterocycles. The minimum Gasteiger partial charge on any atom is -0.462 e. The van der Waals surface area contributed by atoms with Crippen LogP contribution in [-0.4, -0.2) is 37.4 Å². The average Bonchev–Trinajstić information content (AvgIpc) is 2.38. The Kier molecular flexibility index (Phi) is 5.37. The Morgan fingerprint density at radius 3 is 2.50 bits per heavy atom. The van der Waals surface area contributed by atoms with Gasteiger partial charge in [-0.2, -0.15) is 0 Å². The zero-order valence-electron chi connectivity index (χ0n) is 11.4. The van der Waals surface area contributed by atoms with E-state index in [1.807, 2.05) is 0 Å². The van der Waals surface area contributed by atoms with E-state index >= 15 is 0 Å². The molecule has 1 rings (SSSR count). The van der Waals surface area contributed by atoms with Gasteiger partial charge in [0.25, 0.3) is 0 Å². The van der Waals surface area contributed by atoms with Crippen molar-refractivity contribution in [3.63, 3.8) is 0 Å². The van der Waals surface area contributed by atoms with Gasteiger partial charge in [0.15, 0.2) is 11.6 Å². The minimum absolute atomic E-state index is 0.0719. The molecule has 0 aliphatic heterocycles. The quantitative estimate of drug-likeness (QED) is 0.273. The fraction of sp³-hybridized carbons (Fsp3) is 0.286. The highest BCUT2D eigenvalue weighted by molar-refractivity contribution is 6.24. The van der Waals surface area contributed by atoms with Crippen LogP contribution in [0.3, 0.4) is 0 Å². The SMILES string of the molecule is CCOC(=O)/C(=C\N(C)C)C(=O)c1cccc(F)c1F. The molecule has 1 aromatic rings. The summed E-state index contributed by atoms with van der Waals surface area (Å²) in [5.74, 6) is -4.24. The van der Waals surface area contributed by atoms with Crippen molar-refractivity contribution in [2.75, 3.05) is 20.7 Å². The van der Waals surface area contributed by atoms with E-state index in [0.29, 0.717) is 0 Å². The van der Waals surface area contributed by atoms with Gasteiger partial charge < -0.3 is 9.64 Å². The van der Waals surface area contributed by atoms with Crippen molar-refractivity contribution in [3.05, 3.63) is 47.2 Å². The van der Waals surface area contributed by atoms with Crippen molar-refractivity contribution >= 4 is 11.8 Å². The molecule has 1 aromatic carbocycles. The predicted octanol–water partition coefficient (Wildman–Crippen LogP) is 2.16. The van der Waals surface area contributed by atoms with Gasteiger partial charge in [-0.1, -0.05) is 6.07 Å². The van der Waals surface area contributed by atoms with Crippen molar-refractivity contribution in [2.45, 2.75) is 6.92 Å². The molecule has 0 amide bonds. The van der Waals surface area contributed by atoms with Crippen LogP contribution >= 0.6 is 0 Å². The molecular formula is C14H15F2NO3. The van der Waals surface area contributed by atoms with E-state index in [9.17, 15) is 18.4 Å². The molecule has 0 saturated carbocycles. The summed E-state index contributed by atoms with van der Waals surface area (Å²) in [5, 5.41) is 0. The van der Waals surface area contributed by atoms with Crippen molar-refractivity contribution in [3.8, 4) is 0 Å². The fourth-order valence-electron chi connectivity index (χ4n) is 1.50. The molecular weight excluding hydrogens is 268 g/mol. The van der Waals surface area contributed by atoms with E-state index in [0.717, 1.165) is 12.1 Å². The molecule has 0 aromatic heterocycles. The van der Waals surface area contributed by atoms with E-state index in [4.69, 9.17) is 4.74 Å². The first-order valence-corrected chi connectivity index (χ1v) is 5.92. The van der Waals surface area contributed by atoms with Crippen molar-refractivity contribution in [1.82, 2.24) is 4.90 Å². The lowest BCUT2D eigenvalue weighted by molar-refractivity contribution is -0.138. The molecule has 0 atom stereocenters. The van der Waals surface area contributed by atoms with Gasteiger partial charge in [0.2, 0.25) is 5.78 Å². The molecule has 0 unspecified atom stereocenters. The highest BCUT2D eigenvalue weighted by Crippen LogP contribution is 2.17. The Morgan fingerprint density at radius 2 is 1.95 bits per heavy atom. The van der Waals surface area contributed by atoms with Gasteiger partial charge in [0, 0.05) is 20.3 Å². The molecule has 6 heteroatoms. The van der Waals surface area contributed by atoms with E-state index in [1.165, 1.54) is 17.2 Å². The summed E-state index contributed by atoms with van der Waals surface area (Å²) in [6.45, 7) is 1.65. The lowest BCUT2D eigenvalue weighted by atomic mass is 10.0. The van der Waals surface area contributed by atoms with Crippen LogP contribution in [0.15, 0.2) is 30.0 Å². The molecule has 0 aliphatic carbocycles. The number of hydrogen-bond acceptors (Lipinski definition) is 4. The number of carbonyl (C=O) groups excluding carboxylic acids is 2. The van der Waals surface area contributed by atoms with Crippen molar-refractivity contribution < 1.29 is 23.1 Å². The van der Waals surface area contributed by atoms with Crippen molar-refractivity contribution in [2.24, 2.45) is 0 Å². The summed E-state index contributed by atoms with van der Waals surface area (Å²) in [4.78, 5) is 25.3. The number of Topliss-reactive ketones (excluding diaryl/α,β-unsaturated/α-hetero) is 1. The topological polar surface area (TPSA) is 46.6 Å². The number of ketones is 1. The lowest BCUT2D eigenvalue weighted by Crippen LogP contribution is -2.20. The van der Waals surface area contributed by atoms with Gasteiger partial charge in [0.1, 0.15) is 5.57 Å². The normalized spacial score (nSPS) is 11.2. The fourth-order valence-corrected chi connectivity index (χ4v) is 1.50. The van der Waals surface area contributed by atoms with Gasteiger partial charge >= 0.3 is 5.97 Å². The largest absolute Gasteiger partial charge is 0.462 e. The summed E-state index contributed by atoms with van der Waals surface area (Å²) >= 11 is 0. The van der Waals surface area contributed by atoms with E-state index < -0.39 is 29.0 Å². The van der Waals surface area contributed by atoms with Crippen LogP contribution in [0.1, 0.15) is 17.3 Å². The first-order valence-electron chi connectivity index (χ1n) is 5.92. The Balaban J connectivity index is 3.24. The summed E-state index contributed by atoms with van der Waals surface area (Å²) in [7, 11) is 3.18. The number of nitrogens with zero attached hydrogens (tertiary/aromatic N) is 1. The third-order valence-electron chi connectivity index (χ3n) is 2.32. The Bertz CT molecular complexity index is 553. The van der Waals surface area contributed by atoms with Crippen LogP contribution in [-0.2, 0) is 9.53 Å². The van der Waals surface area contributed by atoms with Gasteiger partial charge in [-0.05, 0) is 19.1 Å². The van der Waals surface area contributed by atoms with Crippen LogP contribution < -0.4 is 0 Å². The minimum atomic E-state index is -1.29. The number of ether oxygens (including phenoxy) is 1. The smallest absolute Gasteiger partial charge is 0.343 e. The first kappa shape index (κ1) is 15.8. The number of hydrogen-bond donors (Lipinski definition) is 0. The van der Waals surface area contributed by atoms with Gasteiger partial charge in [0.05, 0.1) is 12.2 Å². The van der Waals surface area contributed by atoms with Gasteiger partial charge in [-0.15, -0.1) is 0 Å². The third kappa shape index (κ3) is 3.63. The Morgan fingerprint density at radius 1 is 1.30 bits per heavy atom. The van der Waals surface area contributed by atoms with E-state index in [1.54, 1.807) is 21.0 Å². The molecule has 0 bridgehead atoms. The number of rotatable bonds is 5. The maximum absolute atomic E-state index is 13.6. The number of carbonyl (C=O) groups is 2. The van der Waals surface area contributed by atoms with E-state index in [2.05, 4.69) is 0 Å². The molecule has 20 heavy (non-hydrogen) atoms. The number of halogens is 2. The summed E-state index contributed by atoms with van der Waals surface area (Å²) in [6.07, 6.45) is 1.21. The number of benzene rings is 1. The molecule has 0 fully saturated rings. The maximum atomic E-state index is 13.6. The zero-order chi connectivity index (χ0) is 15.3. The molecule has 4 nitrogen and oxygen atoms in total. The second-order valence-electron chi connectivity index (χ2n) is 4.16. The highest BCUT2D eigenvalue weighted by Gasteiger charge is 2.25. The molecule has 0 aliphatic rings. The highest BCUT2D eigenvalue weighted by atomic mass is 19.2. The van der Waals surface area contributed by atoms with Crippen LogP contribution in [0.4, 0.5) is 8.78 Å². The average molecular weight is 283 g/mol. The first-order chi connectivity index (χ1) is 9.38. The summed E-state index contributed by atoms with van der Waals surface area (Å²) in [6, 6.07) is 3.21. The van der Waals surface area contributed by atoms with Crippen LogP contribution in [0.5, 0.6) is 0 Å². The predicted molar refractivity (Wildman–Crippen MR) is 69.1 cm³/mol. The number of esters is 1. The summed E-state index contributed by atoms with van der Waals surface area (Å²) < 4.78 is 31.5. The Labute approximate surface area is 115 Å². The van der Waals surface area contributed by atoms with Gasteiger partial charge in [-0.3, -0.25) is 4.79 Å². The van der Waals surface area contributed by atoms with E-state index in [-0.39, 0.29) is 12.2 Å². The zero-order valence-corrected chi connectivity index (χ0v) is 11.4. The molecule has 0 heterocycles. The maximum Gasteiger partial charge on any atom is 0.343 e. The molecule has 0 spiro atoms. The third-order valence-corrected chi connectivity index (χ3v) is 2.32. The summed E-state index contributed by atoms with van der Waals surface area (Å²) in [5.41, 5.74) is -0.868. The van der Waals surface area contributed by atoms with Crippen LogP contribution in [0, 0.1) is 11.6 Å². The van der Waals surface area contributed by atoms with Crippen LogP contribution in [0.2, 0.25) is 0 Å². The second kappa shape index (κ2) is 6.79. The van der Waals surface area contributed by atoms with Crippen LogP contribution in [0.25, 0.3) is 0 Å². The Hall–Kier alpha value is -2.24. The molecule has 108 valence electrons. The second-order valence-corrected chi connectivity index (χ2v) is 4.16. The molecule has 0 N–H and O–H groups in total. The lowest BCUT2D eigenvalue weighted by Gasteiger charge is -2.11.